The fraction of sp³-hybridized carbons (Fsp3) is 0.133. The molecule has 6 nitrogen and oxygen atoms in total. The van der Waals surface area contributed by atoms with Gasteiger partial charge in [0.1, 0.15) is 16.5 Å². The molecule has 8 heteroatoms. The van der Waals surface area contributed by atoms with Gasteiger partial charge in [-0.3, -0.25) is 4.79 Å². The van der Waals surface area contributed by atoms with Gasteiger partial charge < -0.3 is 10.1 Å². The van der Waals surface area contributed by atoms with Gasteiger partial charge in [-0.25, -0.2) is 9.67 Å². The Morgan fingerprint density at radius 2 is 2.30 bits per heavy atom. The third-order valence-electron chi connectivity index (χ3n) is 2.99. The molecule has 0 aliphatic carbocycles. The Labute approximate surface area is 141 Å². The van der Waals surface area contributed by atoms with E-state index in [2.05, 4.69) is 15.4 Å². The average Bonchev–Trinajstić information content (AvgIpc) is 3.17. The van der Waals surface area contributed by atoms with Gasteiger partial charge in [0.2, 0.25) is 0 Å². The smallest absolute Gasteiger partial charge is 0.276 e. The van der Waals surface area contributed by atoms with Crippen molar-refractivity contribution in [3.05, 3.63) is 57.6 Å². The molecule has 3 rings (SSSR count). The van der Waals surface area contributed by atoms with E-state index in [1.165, 1.54) is 11.3 Å². The summed E-state index contributed by atoms with van der Waals surface area (Å²) in [5, 5.41) is 10.1. The summed E-state index contributed by atoms with van der Waals surface area (Å²) in [5.74, 6) is 0.242. The van der Waals surface area contributed by atoms with Crippen LogP contribution in [-0.4, -0.2) is 27.8 Å². The minimum atomic E-state index is -0.299. The highest BCUT2D eigenvalue weighted by atomic mass is 35.5. The van der Waals surface area contributed by atoms with Crippen molar-refractivity contribution in [2.45, 2.75) is 6.61 Å². The van der Waals surface area contributed by atoms with Crippen LogP contribution in [0.15, 0.2) is 41.9 Å². The highest BCUT2D eigenvalue weighted by Gasteiger charge is 2.14. The molecule has 0 unspecified atom stereocenters. The molecule has 0 spiro atoms. The number of hydrogen-bond donors (Lipinski definition) is 1. The van der Waals surface area contributed by atoms with E-state index in [4.69, 9.17) is 16.3 Å². The van der Waals surface area contributed by atoms with Gasteiger partial charge in [0.05, 0.1) is 18.5 Å². The number of rotatable bonds is 5. The van der Waals surface area contributed by atoms with E-state index < -0.39 is 0 Å². The molecule has 0 radical (unpaired) electrons. The number of halogens is 1. The lowest BCUT2D eigenvalue weighted by Crippen LogP contribution is -2.15. The van der Waals surface area contributed by atoms with Crippen LogP contribution in [0.4, 0.5) is 5.82 Å². The Balaban J connectivity index is 1.80. The number of carbonyl (C=O) groups excluding carboxylic acids is 1. The van der Waals surface area contributed by atoms with E-state index >= 15 is 0 Å². The largest absolute Gasteiger partial charge is 0.378 e. The first-order valence-electron chi connectivity index (χ1n) is 6.72. The van der Waals surface area contributed by atoms with Crippen molar-refractivity contribution in [2.24, 2.45) is 0 Å². The van der Waals surface area contributed by atoms with Crippen molar-refractivity contribution in [2.75, 3.05) is 12.4 Å². The Morgan fingerprint density at radius 3 is 3.09 bits per heavy atom. The third kappa shape index (κ3) is 3.58. The number of nitrogens with one attached hydrogen (secondary N) is 1. The van der Waals surface area contributed by atoms with Crippen LogP contribution in [0.25, 0.3) is 5.69 Å². The second-order valence-electron chi connectivity index (χ2n) is 4.62. The van der Waals surface area contributed by atoms with Gasteiger partial charge >= 0.3 is 0 Å². The molecule has 23 heavy (non-hydrogen) atoms. The summed E-state index contributed by atoms with van der Waals surface area (Å²) in [6.07, 6.45) is 1.61. The summed E-state index contributed by atoms with van der Waals surface area (Å²) in [7, 11) is 1.59. The zero-order chi connectivity index (χ0) is 16.2. The number of hydrogen-bond acceptors (Lipinski definition) is 5. The summed E-state index contributed by atoms with van der Waals surface area (Å²) < 4.78 is 6.61. The molecule has 0 aliphatic heterocycles. The first-order valence-corrected chi connectivity index (χ1v) is 7.98. The predicted octanol–water partition coefficient (Wildman–Crippen LogP) is 3.38. The lowest BCUT2D eigenvalue weighted by molar-refractivity contribution is 0.102. The molecule has 0 saturated carbocycles. The first kappa shape index (κ1) is 15.7. The SMILES string of the molecule is COCc1nc(C(=O)Nc2ccnn2-c2cccc(Cl)c2)cs1. The van der Waals surface area contributed by atoms with Gasteiger partial charge in [0.15, 0.2) is 0 Å². The van der Waals surface area contributed by atoms with Gasteiger partial charge in [0, 0.05) is 23.6 Å². The molecule has 1 amide bonds. The summed E-state index contributed by atoms with van der Waals surface area (Å²) in [6.45, 7) is 0.387. The first-order chi connectivity index (χ1) is 11.2. The third-order valence-corrected chi connectivity index (χ3v) is 4.05. The zero-order valence-corrected chi connectivity index (χ0v) is 13.8. The molecule has 1 aromatic carbocycles. The molecular weight excluding hydrogens is 336 g/mol. The fourth-order valence-corrected chi connectivity index (χ4v) is 2.93. The number of anilines is 1. The van der Waals surface area contributed by atoms with Gasteiger partial charge in [0.25, 0.3) is 5.91 Å². The number of aromatic nitrogens is 3. The predicted molar refractivity (Wildman–Crippen MR) is 89.4 cm³/mol. The molecule has 1 N–H and O–H groups in total. The van der Waals surface area contributed by atoms with Gasteiger partial charge in [-0.1, -0.05) is 17.7 Å². The van der Waals surface area contributed by atoms with Crippen LogP contribution in [-0.2, 0) is 11.3 Å². The molecule has 118 valence electrons. The molecule has 0 bridgehead atoms. The summed E-state index contributed by atoms with van der Waals surface area (Å²) in [5.41, 5.74) is 1.11. The maximum atomic E-state index is 12.3. The molecule has 0 aliphatic rings. The van der Waals surface area contributed by atoms with E-state index in [-0.39, 0.29) is 5.91 Å². The Morgan fingerprint density at radius 1 is 1.43 bits per heavy atom. The molecule has 3 aromatic rings. The maximum Gasteiger partial charge on any atom is 0.276 e. The summed E-state index contributed by atoms with van der Waals surface area (Å²) >= 11 is 7.38. The highest BCUT2D eigenvalue weighted by Crippen LogP contribution is 2.19. The summed E-state index contributed by atoms with van der Waals surface area (Å²) in [4.78, 5) is 16.5. The molecule has 2 aromatic heterocycles. The number of thiazole rings is 1. The van der Waals surface area contributed by atoms with Crippen LogP contribution >= 0.6 is 22.9 Å². The lowest BCUT2D eigenvalue weighted by Gasteiger charge is -2.08. The maximum absolute atomic E-state index is 12.3. The van der Waals surface area contributed by atoms with Crippen LogP contribution in [0.1, 0.15) is 15.5 Å². The Bertz CT molecular complexity index is 830. The van der Waals surface area contributed by atoms with Crippen LogP contribution in [0, 0.1) is 0 Å². The molecule has 0 fully saturated rings. The van der Waals surface area contributed by atoms with Crippen molar-refractivity contribution < 1.29 is 9.53 Å². The molecule has 0 atom stereocenters. The van der Waals surface area contributed by atoms with Crippen LogP contribution in [0.3, 0.4) is 0 Å². The van der Waals surface area contributed by atoms with Gasteiger partial charge in [-0.15, -0.1) is 11.3 Å². The second kappa shape index (κ2) is 6.91. The van der Waals surface area contributed by atoms with Crippen molar-refractivity contribution >= 4 is 34.7 Å². The monoisotopic (exact) mass is 348 g/mol. The van der Waals surface area contributed by atoms with Crippen LogP contribution in [0.5, 0.6) is 0 Å². The van der Waals surface area contributed by atoms with Gasteiger partial charge in [-0.2, -0.15) is 5.10 Å². The highest BCUT2D eigenvalue weighted by molar-refractivity contribution is 7.09. The van der Waals surface area contributed by atoms with Crippen LogP contribution < -0.4 is 5.32 Å². The number of amides is 1. The van der Waals surface area contributed by atoms with Crippen LogP contribution in [0.2, 0.25) is 5.02 Å². The van der Waals surface area contributed by atoms with Crippen molar-refractivity contribution in [1.82, 2.24) is 14.8 Å². The zero-order valence-electron chi connectivity index (χ0n) is 12.2. The Hall–Kier alpha value is -2.22. The van der Waals surface area contributed by atoms with E-state index in [1.807, 2.05) is 12.1 Å². The van der Waals surface area contributed by atoms with E-state index in [0.717, 1.165) is 10.7 Å². The van der Waals surface area contributed by atoms with Crippen molar-refractivity contribution in [1.29, 1.82) is 0 Å². The second-order valence-corrected chi connectivity index (χ2v) is 6.00. The van der Waals surface area contributed by atoms with Gasteiger partial charge in [-0.05, 0) is 18.2 Å². The minimum Gasteiger partial charge on any atom is -0.378 e. The topological polar surface area (TPSA) is 69.0 Å². The Kier molecular flexibility index (Phi) is 4.71. The lowest BCUT2D eigenvalue weighted by atomic mass is 10.3. The van der Waals surface area contributed by atoms with Crippen molar-refractivity contribution in [3.8, 4) is 5.69 Å². The molecule has 0 saturated heterocycles. The average molecular weight is 349 g/mol. The quantitative estimate of drug-likeness (QED) is 0.767. The number of methoxy groups -OCH3 is 1. The number of carbonyl (C=O) groups is 1. The van der Waals surface area contributed by atoms with E-state index in [9.17, 15) is 4.79 Å². The number of benzene rings is 1. The standard InChI is InChI=1S/C15H13ClN4O2S/c1-22-8-14-18-12(9-23-14)15(21)19-13-5-6-17-20(13)11-4-2-3-10(16)7-11/h2-7,9H,8H2,1H3,(H,19,21). The molecular formula is C15H13ClN4O2S. The van der Waals surface area contributed by atoms with E-state index in [1.54, 1.807) is 41.6 Å². The normalized spacial score (nSPS) is 10.7. The number of ether oxygens (including phenoxy) is 1. The van der Waals surface area contributed by atoms with E-state index in [0.29, 0.717) is 23.1 Å². The molecule has 2 heterocycles. The number of nitrogens with zero attached hydrogens (tertiary/aromatic N) is 3. The summed E-state index contributed by atoms with van der Waals surface area (Å²) in [6, 6.07) is 8.93. The van der Waals surface area contributed by atoms with Crippen molar-refractivity contribution in [3.63, 3.8) is 0 Å². The fourth-order valence-electron chi connectivity index (χ4n) is 2.00. The minimum absolute atomic E-state index is 0.299.